The smallest absolute Gasteiger partial charge is 0.251 e. The van der Waals surface area contributed by atoms with Crippen molar-refractivity contribution < 1.29 is 28.2 Å². The monoisotopic (exact) mass is 639 g/mol. The van der Waals surface area contributed by atoms with Crippen LogP contribution in [0.1, 0.15) is 22.3 Å². The van der Waals surface area contributed by atoms with E-state index in [9.17, 15) is 23.5 Å². The van der Waals surface area contributed by atoms with Gasteiger partial charge < -0.3 is 48.3 Å². The molecule has 17 heteroatoms. The predicted molar refractivity (Wildman–Crippen MR) is 166 cm³/mol. The van der Waals surface area contributed by atoms with Crippen molar-refractivity contribution in [1.82, 2.24) is 30.3 Å². The molecule has 0 radical (unpaired) electrons. The minimum absolute atomic E-state index is 0.0146. The minimum Gasteiger partial charge on any atom is -0.494 e. The Morgan fingerprint density at radius 3 is 2.59 bits per heavy atom. The SMILES string of the molecule is COc1ccc(-c2cnc3c(Nc4ccc(C(=O)NCC(O)CNC(=O)[C@@H](N)CCNC(=N)N)c(CN)c4)nccn23)c(F)c1F. The molecule has 12 N–H and O–H groups in total. The highest BCUT2D eigenvalue weighted by Gasteiger charge is 2.20. The molecule has 0 fully saturated rings. The number of benzene rings is 2. The number of carbonyl (C=O) groups excluding carboxylic acids is 2. The number of methoxy groups -OCH3 is 1. The van der Waals surface area contributed by atoms with Gasteiger partial charge in [-0.15, -0.1) is 0 Å². The number of rotatable bonds is 14. The first-order chi connectivity index (χ1) is 22.0. The lowest BCUT2D eigenvalue weighted by atomic mass is 10.1. The van der Waals surface area contributed by atoms with Gasteiger partial charge in [-0.1, -0.05) is 0 Å². The normalized spacial score (nSPS) is 12.3. The van der Waals surface area contributed by atoms with Crippen LogP contribution in [0.15, 0.2) is 48.9 Å². The molecule has 2 aromatic heterocycles. The van der Waals surface area contributed by atoms with E-state index < -0.39 is 35.6 Å². The number of amides is 2. The molecule has 46 heavy (non-hydrogen) atoms. The Labute approximate surface area is 262 Å². The zero-order valence-corrected chi connectivity index (χ0v) is 24.8. The van der Waals surface area contributed by atoms with Crippen molar-refractivity contribution in [2.75, 3.05) is 32.1 Å². The Morgan fingerprint density at radius 2 is 1.87 bits per heavy atom. The second-order valence-electron chi connectivity index (χ2n) is 10.1. The first-order valence-electron chi connectivity index (χ1n) is 14.1. The van der Waals surface area contributed by atoms with Crippen molar-refractivity contribution in [2.45, 2.75) is 25.1 Å². The summed E-state index contributed by atoms with van der Waals surface area (Å²) in [6.45, 7) is -0.0453. The van der Waals surface area contributed by atoms with E-state index in [2.05, 4.69) is 31.2 Å². The predicted octanol–water partition coefficient (Wildman–Crippen LogP) is 0.293. The molecule has 244 valence electrons. The summed E-state index contributed by atoms with van der Waals surface area (Å²) in [5.74, 6) is -3.32. The third-order valence-corrected chi connectivity index (χ3v) is 6.92. The molecule has 0 aliphatic rings. The molecular formula is C29H35F2N11O4. The summed E-state index contributed by atoms with van der Waals surface area (Å²) in [7, 11) is 1.25. The van der Waals surface area contributed by atoms with Crippen molar-refractivity contribution in [3.63, 3.8) is 0 Å². The number of halogens is 2. The van der Waals surface area contributed by atoms with Gasteiger partial charge in [-0.25, -0.2) is 14.4 Å². The zero-order valence-electron chi connectivity index (χ0n) is 24.8. The topological polar surface area (TPSA) is 244 Å². The molecule has 0 saturated heterocycles. The van der Waals surface area contributed by atoms with Gasteiger partial charge in [-0.05, 0) is 42.3 Å². The fourth-order valence-electron chi connectivity index (χ4n) is 4.51. The molecule has 0 aliphatic carbocycles. The highest BCUT2D eigenvalue weighted by molar-refractivity contribution is 5.96. The van der Waals surface area contributed by atoms with E-state index in [4.69, 9.17) is 27.3 Å². The molecule has 2 amide bonds. The third kappa shape index (κ3) is 7.81. The number of ether oxygens (including phenoxy) is 1. The summed E-state index contributed by atoms with van der Waals surface area (Å²) < 4.78 is 35.6. The first kappa shape index (κ1) is 33.5. The third-order valence-electron chi connectivity index (χ3n) is 6.92. The number of aliphatic hydroxyl groups is 1. The fraction of sp³-hybridized carbons (Fsp3) is 0.276. The summed E-state index contributed by atoms with van der Waals surface area (Å²) in [4.78, 5) is 33.7. The number of nitrogens with zero attached hydrogens (tertiary/aromatic N) is 3. The Bertz CT molecular complexity index is 1730. The van der Waals surface area contributed by atoms with Gasteiger partial charge in [0.2, 0.25) is 11.7 Å². The summed E-state index contributed by atoms with van der Waals surface area (Å²) in [5.41, 5.74) is 18.8. The molecular weight excluding hydrogens is 604 g/mol. The number of nitrogens with one attached hydrogen (secondary N) is 5. The van der Waals surface area contributed by atoms with Crippen molar-refractivity contribution >= 4 is 34.9 Å². The second-order valence-corrected chi connectivity index (χ2v) is 10.1. The summed E-state index contributed by atoms with van der Waals surface area (Å²) >= 11 is 0. The first-order valence-corrected chi connectivity index (χ1v) is 14.1. The molecule has 1 unspecified atom stereocenters. The van der Waals surface area contributed by atoms with Crippen molar-refractivity contribution in [3.05, 3.63) is 71.7 Å². The maximum atomic E-state index is 14.8. The van der Waals surface area contributed by atoms with Crippen LogP contribution in [0.5, 0.6) is 5.75 Å². The molecule has 15 nitrogen and oxygen atoms in total. The van der Waals surface area contributed by atoms with Crippen LogP contribution in [0, 0.1) is 17.0 Å². The number of fused-ring (bicyclic) bond motifs is 1. The van der Waals surface area contributed by atoms with Gasteiger partial charge in [-0.2, -0.15) is 4.39 Å². The molecule has 0 saturated carbocycles. The summed E-state index contributed by atoms with van der Waals surface area (Å²) in [6, 6.07) is 6.69. The van der Waals surface area contributed by atoms with Crippen molar-refractivity contribution in [3.8, 4) is 17.0 Å². The minimum atomic E-state index is -1.11. The zero-order chi connectivity index (χ0) is 33.4. The van der Waals surface area contributed by atoms with Gasteiger partial charge in [0.15, 0.2) is 29.0 Å². The van der Waals surface area contributed by atoms with Crippen LogP contribution in [-0.2, 0) is 11.3 Å². The Hall–Kier alpha value is -5.39. The van der Waals surface area contributed by atoms with Crippen molar-refractivity contribution in [2.24, 2.45) is 17.2 Å². The van der Waals surface area contributed by atoms with Gasteiger partial charge in [0.1, 0.15) is 0 Å². The van der Waals surface area contributed by atoms with Crippen LogP contribution in [0.4, 0.5) is 20.3 Å². The number of hydrogen-bond donors (Lipinski definition) is 9. The van der Waals surface area contributed by atoms with Crippen LogP contribution in [-0.4, -0.2) is 76.1 Å². The fourth-order valence-corrected chi connectivity index (χ4v) is 4.51. The number of anilines is 2. The van der Waals surface area contributed by atoms with Crippen LogP contribution in [0.2, 0.25) is 0 Å². The molecule has 0 aliphatic heterocycles. The molecule has 2 heterocycles. The largest absolute Gasteiger partial charge is 0.494 e. The highest BCUT2D eigenvalue weighted by Crippen LogP contribution is 2.31. The van der Waals surface area contributed by atoms with Gasteiger partial charge in [-0.3, -0.25) is 19.4 Å². The van der Waals surface area contributed by atoms with Crippen LogP contribution < -0.4 is 43.2 Å². The Kier molecular flexibility index (Phi) is 11.0. The second kappa shape index (κ2) is 15.1. The Balaban J connectivity index is 1.39. The number of nitrogens with two attached hydrogens (primary N) is 3. The maximum absolute atomic E-state index is 14.8. The molecule has 4 aromatic rings. The number of guanidine groups is 1. The average Bonchev–Trinajstić information content (AvgIpc) is 3.48. The van der Waals surface area contributed by atoms with E-state index in [1.807, 2.05) is 0 Å². The molecule has 2 aromatic carbocycles. The Morgan fingerprint density at radius 1 is 1.11 bits per heavy atom. The number of hydrogen-bond acceptors (Lipinski definition) is 10. The van der Waals surface area contributed by atoms with Gasteiger partial charge >= 0.3 is 0 Å². The standard InChI is InChI=1S/C29H35F2N11O4/c1-46-22-5-4-19(23(30)24(22)31)21-14-38-26-25(36-8-9-42(21)26)41-16-2-3-18(15(10-16)11-32)27(44)39-12-17(43)13-40-28(45)20(33)6-7-37-29(34)35/h2-5,8-10,14,17,20,43H,6-7,11-13,32-33H2,1H3,(H,36,41)(H,39,44)(H,40,45)(H4,34,35,37)/t17?,20-/m0/s1. The molecule has 2 atom stereocenters. The number of carbonyl (C=O) groups is 2. The van der Waals surface area contributed by atoms with E-state index in [0.29, 0.717) is 28.4 Å². The van der Waals surface area contributed by atoms with Gasteiger partial charge in [0.25, 0.3) is 5.91 Å². The lowest BCUT2D eigenvalue weighted by Gasteiger charge is -2.17. The number of aliphatic hydroxyl groups excluding tert-OH is 1. The van der Waals surface area contributed by atoms with E-state index in [1.54, 1.807) is 28.8 Å². The van der Waals surface area contributed by atoms with Crippen LogP contribution in [0.25, 0.3) is 16.9 Å². The summed E-state index contributed by atoms with van der Waals surface area (Å²) in [5, 5.41) is 28.1. The average molecular weight is 640 g/mol. The molecule has 4 rings (SSSR count). The van der Waals surface area contributed by atoms with Gasteiger partial charge in [0.05, 0.1) is 31.1 Å². The van der Waals surface area contributed by atoms with Crippen molar-refractivity contribution in [1.29, 1.82) is 5.41 Å². The van der Waals surface area contributed by atoms with E-state index in [-0.39, 0.29) is 55.4 Å². The van der Waals surface area contributed by atoms with E-state index in [0.717, 1.165) is 0 Å². The highest BCUT2D eigenvalue weighted by atomic mass is 19.2. The summed E-state index contributed by atoms with van der Waals surface area (Å²) in [6.07, 6.45) is 3.56. The number of imidazole rings is 1. The lowest BCUT2D eigenvalue weighted by Crippen LogP contribution is -2.47. The molecule has 0 bridgehead atoms. The quantitative estimate of drug-likeness (QED) is 0.0671. The lowest BCUT2D eigenvalue weighted by molar-refractivity contribution is -0.122. The van der Waals surface area contributed by atoms with Crippen LogP contribution >= 0.6 is 0 Å². The van der Waals surface area contributed by atoms with E-state index >= 15 is 0 Å². The van der Waals surface area contributed by atoms with Crippen LogP contribution in [0.3, 0.4) is 0 Å². The van der Waals surface area contributed by atoms with Gasteiger partial charge in [0, 0.05) is 55.4 Å². The van der Waals surface area contributed by atoms with E-state index in [1.165, 1.54) is 31.6 Å². The number of aromatic nitrogens is 3. The maximum Gasteiger partial charge on any atom is 0.251 e. The molecule has 0 spiro atoms.